The fraction of sp³-hybridized carbons (Fsp3) is 0.647. The summed E-state index contributed by atoms with van der Waals surface area (Å²) in [4.78, 5) is 0. The number of benzene rings is 1. The summed E-state index contributed by atoms with van der Waals surface area (Å²) < 4.78 is 10.6. The van der Waals surface area contributed by atoms with Gasteiger partial charge in [-0.15, -0.1) is 0 Å². The molecular formula is C17H25ClO3. The van der Waals surface area contributed by atoms with Crippen molar-refractivity contribution < 1.29 is 14.6 Å². The number of methoxy groups -OCH3 is 2. The predicted molar refractivity (Wildman–Crippen MR) is 85.2 cm³/mol. The molecule has 0 aromatic heterocycles. The standard InChI is InChI=1S/C17H25ClO3/c1-10-5-6-12(9-11(10)2)16(19)13-7-8-14(20-3)17(21-4)15(13)18/h7-8,10-12,16,19H,5-6,9H2,1-4H3. The summed E-state index contributed by atoms with van der Waals surface area (Å²) in [6, 6.07) is 3.65. The number of rotatable bonds is 4. The van der Waals surface area contributed by atoms with Crippen LogP contribution < -0.4 is 9.47 Å². The minimum Gasteiger partial charge on any atom is -0.493 e. The second-order valence-corrected chi connectivity index (χ2v) is 6.55. The predicted octanol–water partition coefficient (Wildman–Crippen LogP) is 4.46. The van der Waals surface area contributed by atoms with E-state index in [0.29, 0.717) is 22.4 Å². The Morgan fingerprint density at radius 2 is 1.86 bits per heavy atom. The van der Waals surface area contributed by atoms with Gasteiger partial charge < -0.3 is 14.6 Å². The zero-order valence-corrected chi connectivity index (χ0v) is 14.0. The van der Waals surface area contributed by atoms with E-state index >= 15 is 0 Å². The fourth-order valence-corrected chi connectivity index (χ4v) is 3.61. The molecule has 1 aliphatic rings. The van der Waals surface area contributed by atoms with E-state index in [4.69, 9.17) is 21.1 Å². The Hall–Kier alpha value is -0.930. The lowest BCUT2D eigenvalue weighted by molar-refractivity contribution is 0.0560. The van der Waals surface area contributed by atoms with Crippen LogP contribution in [0.15, 0.2) is 12.1 Å². The van der Waals surface area contributed by atoms with Gasteiger partial charge in [-0.05, 0) is 36.7 Å². The zero-order chi connectivity index (χ0) is 15.6. The maximum atomic E-state index is 10.7. The molecule has 0 amide bonds. The minimum absolute atomic E-state index is 0.256. The fourth-order valence-electron chi connectivity index (χ4n) is 3.26. The van der Waals surface area contributed by atoms with Crippen molar-refractivity contribution in [2.45, 2.75) is 39.2 Å². The van der Waals surface area contributed by atoms with Gasteiger partial charge in [0.05, 0.1) is 25.3 Å². The maximum Gasteiger partial charge on any atom is 0.179 e. The van der Waals surface area contributed by atoms with Crippen molar-refractivity contribution >= 4 is 11.6 Å². The minimum atomic E-state index is -0.549. The van der Waals surface area contributed by atoms with Crippen LogP contribution in [0.4, 0.5) is 0 Å². The molecule has 3 nitrogen and oxygen atoms in total. The molecule has 118 valence electrons. The zero-order valence-electron chi connectivity index (χ0n) is 13.2. The first-order valence-electron chi connectivity index (χ1n) is 7.58. The molecule has 0 spiro atoms. The maximum absolute atomic E-state index is 10.7. The van der Waals surface area contributed by atoms with Crippen molar-refractivity contribution in [3.63, 3.8) is 0 Å². The van der Waals surface area contributed by atoms with Gasteiger partial charge in [-0.3, -0.25) is 0 Å². The lowest BCUT2D eigenvalue weighted by atomic mass is 9.73. The van der Waals surface area contributed by atoms with Crippen LogP contribution in [-0.2, 0) is 0 Å². The van der Waals surface area contributed by atoms with Gasteiger partial charge in [0.2, 0.25) is 0 Å². The van der Waals surface area contributed by atoms with E-state index in [1.165, 1.54) is 0 Å². The number of ether oxygens (including phenoxy) is 2. The number of halogens is 1. The van der Waals surface area contributed by atoms with Crippen molar-refractivity contribution in [1.29, 1.82) is 0 Å². The van der Waals surface area contributed by atoms with Gasteiger partial charge in [0.1, 0.15) is 0 Å². The molecular weight excluding hydrogens is 288 g/mol. The monoisotopic (exact) mass is 312 g/mol. The van der Waals surface area contributed by atoms with Gasteiger partial charge in [-0.2, -0.15) is 0 Å². The first kappa shape index (κ1) is 16.4. The van der Waals surface area contributed by atoms with Crippen molar-refractivity contribution in [1.82, 2.24) is 0 Å². The molecule has 4 unspecified atom stereocenters. The summed E-state index contributed by atoms with van der Waals surface area (Å²) in [6.07, 6.45) is 2.69. The molecule has 1 aliphatic carbocycles. The Balaban J connectivity index is 2.25. The molecule has 0 heterocycles. The van der Waals surface area contributed by atoms with Crippen LogP contribution in [0.5, 0.6) is 11.5 Å². The van der Waals surface area contributed by atoms with E-state index < -0.39 is 6.10 Å². The van der Waals surface area contributed by atoms with Crippen LogP contribution >= 0.6 is 11.6 Å². The summed E-state index contributed by atoms with van der Waals surface area (Å²) in [7, 11) is 3.14. The third kappa shape index (κ3) is 3.29. The molecule has 4 heteroatoms. The quantitative estimate of drug-likeness (QED) is 0.892. The van der Waals surface area contributed by atoms with Crippen LogP contribution in [0.3, 0.4) is 0 Å². The van der Waals surface area contributed by atoms with Gasteiger partial charge in [0.15, 0.2) is 11.5 Å². The molecule has 0 bridgehead atoms. The Labute approximate surface area is 132 Å². The molecule has 0 saturated heterocycles. The molecule has 1 aromatic rings. The van der Waals surface area contributed by atoms with E-state index in [2.05, 4.69) is 13.8 Å². The van der Waals surface area contributed by atoms with Crippen LogP contribution in [-0.4, -0.2) is 19.3 Å². The second kappa shape index (κ2) is 6.89. The van der Waals surface area contributed by atoms with Crippen LogP contribution in [0.2, 0.25) is 5.02 Å². The molecule has 1 saturated carbocycles. The molecule has 2 rings (SSSR count). The van der Waals surface area contributed by atoms with Gasteiger partial charge in [0.25, 0.3) is 0 Å². The van der Waals surface area contributed by atoms with Crippen molar-refractivity contribution in [3.05, 3.63) is 22.7 Å². The van der Waals surface area contributed by atoms with Gasteiger partial charge in [-0.1, -0.05) is 37.9 Å². The lowest BCUT2D eigenvalue weighted by Crippen LogP contribution is -2.25. The highest BCUT2D eigenvalue weighted by molar-refractivity contribution is 6.33. The Bertz CT molecular complexity index is 489. The van der Waals surface area contributed by atoms with E-state index in [0.717, 1.165) is 30.7 Å². The number of aliphatic hydroxyl groups excluding tert-OH is 1. The highest BCUT2D eigenvalue weighted by Crippen LogP contribution is 2.45. The summed E-state index contributed by atoms with van der Waals surface area (Å²) >= 11 is 6.41. The van der Waals surface area contributed by atoms with Crippen LogP contribution in [0.25, 0.3) is 0 Å². The highest BCUT2D eigenvalue weighted by atomic mass is 35.5. The van der Waals surface area contributed by atoms with E-state index in [1.54, 1.807) is 20.3 Å². The Morgan fingerprint density at radius 3 is 2.43 bits per heavy atom. The van der Waals surface area contributed by atoms with E-state index in [9.17, 15) is 5.11 Å². The summed E-state index contributed by atoms with van der Waals surface area (Å²) in [5.74, 6) is 2.70. The molecule has 0 radical (unpaired) electrons. The Kier molecular flexibility index (Phi) is 5.39. The molecule has 1 aromatic carbocycles. The molecule has 21 heavy (non-hydrogen) atoms. The number of aliphatic hydroxyl groups is 1. The second-order valence-electron chi connectivity index (χ2n) is 6.18. The SMILES string of the molecule is COc1ccc(C(O)C2CCC(C)C(C)C2)c(Cl)c1OC. The number of hydrogen-bond donors (Lipinski definition) is 1. The van der Waals surface area contributed by atoms with E-state index in [-0.39, 0.29) is 5.92 Å². The lowest BCUT2D eigenvalue weighted by Gasteiger charge is -2.35. The van der Waals surface area contributed by atoms with Crippen molar-refractivity contribution in [2.75, 3.05) is 14.2 Å². The van der Waals surface area contributed by atoms with Crippen LogP contribution in [0, 0.1) is 17.8 Å². The van der Waals surface area contributed by atoms with Crippen LogP contribution in [0.1, 0.15) is 44.8 Å². The average molecular weight is 313 g/mol. The number of hydrogen-bond acceptors (Lipinski definition) is 3. The van der Waals surface area contributed by atoms with Gasteiger partial charge >= 0.3 is 0 Å². The molecule has 1 N–H and O–H groups in total. The summed E-state index contributed by atoms with van der Waals surface area (Å²) in [5.41, 5.74) is 0.737. The first-order valence-corrected chi connectivity index (χ1v) is 7.95. The van der Waals surface area contributed by atoms with Crippen molar-refractivity contribution in [2.24, 2.45) is 17.8 Å². The van der Waals surface area contributed by atoms with Crippen molar-refractivity contribution in [3.8, 4) is 11.5 Å². The largest absolute Gasteiger partial charge is 0.493 e. The normalized spacial score (nSPS) is 27.2. The molecule has 0 aliphatic heterocycles. The third-order valence-corrected chi connectivity index (χ3v) is 5.31. The molecule has 1 fully saturated rings. The van der Waals surface area contributed by atoms with E-state index in [1.807, 2.05) is 6.07 Å². The molecule has 4 atom stereocenters. The van der Waals surface area contributed by atoms with Gasteiger partial charge in [-0.25, -0.2) is 0 Å². The third-order valence-electron chi connectivity index (χ3n) is 4.92. The Morgan fingerprint density at radius 1 is 1.14 bits per heavy atom. The summed E-state index contributed by atoms with van der Waals surface area (Å²) in [6.45, 7) is 4.55. The van der Waals surface area contributed by atoms with Gasteiger partial charge in [0, 0.05) is 5.56 Å². The topological polar surface area (TPSA) is 38.7 Å². The smallest absolute Gasteiger partial charge is 0.179 e. The highest BCUT2D eigenvalue weighted by Gasteiger charge is 2.31. The average Bonchev–Trinajstić information content (AvgIpc) is 2.48. The summed E-state index contributed by atoms with van der Waals surface area (Å²) in [5, 5.41) is 11.2. The first-order chi connectivity index (χ1) is 9.99.